The van der Waals surface area contributed by atoms with E-state index in [2.05, 4.69) is 10.3 Å². The number of nitrogens with two attached hydrogens (primary N) is 1. The largest absolute Gasteiger partial charge is 0.366 e. The number of carbonyl (C=O) groups is 2. The van der Waals surface area contributed by atoms with Crippen LogP contribution in [0.2, 0.25) is 0 Å². The third-order valence-corrected chi connectivity index (χ3v) is 2.81. The van der Waals surface area contributed by atoms with Crippen molar-refractivity contribution in [1.82, 2.24) is 4.98 Å². The topological polar surface area (TPSA) is 88.0 Å². The zero-order chi connectivity index (χ0) is 14.0. The van der Waals surface area contributed by atoms with Crippen LogP contribution in [0.1, 0.15) is 23.0 Å². The molecule has 0 saturated heterocycles. The van der Waals surface area contributed by atoms with Crippen LogP contribution in [0, 0.1) is 6.92 Å². The summed E-state index contributed by atoms with van der Waals surface area (Å²) < 4.78 is 0. The van der Waals surface area contributed by atoms with Gasteiger partial charge in [0, 0.05) is 23.9 Å². The molecule has 0 fully saturated rings. The van der Waals surface area contributed by atoms with Gasteiger partial charge in [-0.15, -0.1) is 0 Å². The number of aromatic amines is 1. The van der Waals surface area contributed by atoms with E-state index in [0.29, 0.717) is 16.9 Å². The van der Waals surface area contributed by atoms with Crippen LogP contribution in [0.5, 0.6) is 0 Å². The predicted molar refractivity (Wildman–Crippen MR) is 73.8 cm³/mol. The van der Waals surface area contributed by atoms with Gasteiger partial charge in [0.15, 0.2) is 0 Å². The summed E-state index contributed by atoms with van der Waals surface area (Å²) in [5, 5.41) is 2.75. The Labute approximate surface area is 110 Å². The van der Waals surface area contributed by atoms with Gasteiger partial charge in [0.25, 0.3) is 5.91 Å². The molecule has 5 nitrogen and oxygen atoms in total. The minimum Gasteiger partial charge on any atom is -0.366 e. The van der Waals surface area contributed by atoms with Crippen LogP contribution < -0.4 is 11.1 Å². The van der Waals surface area contributed by atoms with Crippen LogP contribution in [-0.4, -0.2) is 16.8 Å². The lowest BCUT2D eigenvalue weighted by molar-refractivity contribution is -0.114. The van der Waals surface area contributed by atoms with Crippen molar-refractivity contribution in [2.75, 3.05) is 5.32 Å². The van der Waals surface area contributed by atoms with E-state index in [-0.39, 0.29) is 5.91 Å². The molecule has 19 heavy (non-hydrogen) atoms. The maximum atomic E-state index is 11.3. The number of hydrogen-bond acceptors (Lipinski definition) is 2. The summed E-state index contributed by atoms with van der Waals surface area (Å²) in [6.45, 7) is 3.23. The number of aryl methyl sites for hydroxylation is 1. The number of hydrogen-bond donors (Lipinski definition) is 3. The first kappa shape index (κ1) is 12.9. The number of rotatable bonds is 3. The van der Waals surface area contributed by atoms with Crippen molar-refractivity contribution in [1.29, 1.82) is 0 Å². The molecule has 0 unspecified atom stereocenters. The third kappa shape index (κ3) is 2.65. The molecule has 0 spiro atoms. The number of carbonyl (C=O) groups excluding carboxylic acids is 2. The Bertz CT molecular complexity index is 644. The fourth-order valence-corrected chi connectivity index (χ4v) is 1.98. The van der Waals surface area contributed by atoms with Gasteiger partial charge >= 0.3 is 0 Å². The number of para-hydroxylation sites is 1. The Morgan fingerprint density at radius 1 is 1.26 bits per heavy atom. The Morgan fingerprint density at radius 2 is 1.95 bits per heavy atom. The number of primary amides is 1. The van der Waals surface area contributed by atoms with Crippen LogP contribution in [0.15, 0.2) is 30.3 Å². The summed E-state index contributed by atoms with van der Waals surface area (Å²) in [5.74, 6) is -0.622. The van der Waals surface area contributed by atoms with Gasteiger partial charge in [0.2, 0.25) is 5.91 Å². The number of anilines is 1. The quantitative estimate of drug-likeness (QED) is 0.785. The molecular formula is C14H15N3O2. The van der Waals surface area contributed by atoms with Gasteiger partial charge in [-0.2, -0.15) is 0 Å². The Morgan fingerprint density at radius 3 is 2.53 bits per heavy atom. The predicted octanol–water partition coefficient (Wildman–Crippen LogP) is 2.05. The van der Waals surface area contributed by atoms with E-state index in [9.17, 15) is 9.59 Å². The van der Waals surface area contributed by atoms with E-state index in [4.69, 9.17) is 5.73 Å². The summed E-state index contributed by atoms with van der Waals surface area (Å²) >= 11 is 0. The molecule has 2 aromatic rings. The maximum Gasteiger partial charge on any atom is 0.250 e. The molecule has 0 saturated carbocycles. The molecule has 2 rings (SSSR count). The fourth-order valence-electron chi connectivity index (χ4n) is 1.98. The van der Waals surface area contributed by atoms with E-state index in [1.807, 2.05) is 18.2 Å². The van der Waals surface area contributed by atoms with Gasteiger partial charge < -0.3 is 16.0 Å². The number of amides is 2. The molecule has 1 aromatic heterocycles. The van der Waals surface area contributed by atoms with E-state index < -0.39 is 5.91 Å². The van der Waals surface area contributed by atoms with Crippen molar-refractivity contribution in [3.8, 4) is 11.3 Å². The van der Waals surface area contributed by atoms with Crippen molar-refractivity contribution < 1.29 is 9.59 Å². The third-order valence-electron chi connectivity index (χ3n) is 2.81. The zero-order valence-electron chi connectivity index (χ0n) is 10.8. The summed E-state index contributed by atoms with van der Waals surface area (Å²) in [6.07, 6.45) is 0. The lowest BCUT2D eigenvalue weighted by Gasteiger charge is -2.08. The molecule has 0 aliphatic carbocycles. The van der Waals surface area contributed by atoms with Crippen LogP contribution in [0.4, 0.5) is 5.69 Å². The summed E-state index contributed by atoms with van der Waals surface area (Å²) in [4.78, 5) is 25.5. The first-order valence-electron chi connectivity index (χ1n) is 5.85. The molecule has 5 heteroatoms. The van der Waals surface area contributed by atoms with Gasteiger partial charge in [0.05, 0.1) is 11.3 Å². The van der Waals surface area contributed by atoms with Gasteiger partial charge in [0.1, 0.15) is 0 Å². The van der Waals surface area contributed by atoms with Gasteiger partial charge in [-0.3, -0.25) is 9.59 Å². The van der Waals surface area contributed by atoms with Crippen LogP contribution in [-0.2, 0) is 4.79 Å². The molecule has 4 N–H and O–H groups in total. The van der Waals surface area contributed by atoms with Crippen molar-refractivity contribution in [2.45, 2.75) is 13.8 Å². The lowest BCUT2D eigenvalue weighted by atomic mass is 10.1. The molecule has 1 heterocycles. The highest BCUT2D eigenvalue weighted by Gasteiger charge is 2.13. The Kier molecular flexibility index (Phi) is 3.37. The van der Waals surface area contributed by atoms with Crippen LogP contribution in [0.25, 0.3) is 11.3 Å². The highest BCUT2D eigenvalue weighted by molar-refractivity contribution is 5.97. The lowest BCUT2D eigenvalue weighted by Crippen LogP contribution is -2.10. The van der Waals surface area contributed by atoms with E-state index in [1.165, 1.54) is 6.92 Å². The van der Waals surface area contributed by atoms with Gasteiger partial charge in [-0.1, -0.05) is 18.2 Å². The zero-order valence-corrected chi connectivity index (χ0v) is 10.8. The van der Waals surface area contributed by atoms with Crippen molar-refractivity contribution in [3.63, 3.8) is 0 Å². The fraction of sp³-hybridized carbons (Fsp3) is 0.143. The molecule has 0 atom stereocenters. The minimum atomic E-state index is -0.475. The summed E-state index contributed by atoms with van der Waals surface area (Å²) in [7, 11) is 0. The van der Waals surface area contributed by atoms with E-state index >= 15 is 0 Å². The van der Waals surface area contributed by atoms with E-state index in [0.717, 1.165) is 11.3 Å². The SMILES string of the molecule is CC(=O)Nc1ccccc1-c1cc(C(N)=O)c(C)[nH]1. The molecule has 2 amide bonds. The van der Waals surface area contributed by atoms with Gasteiger partial charge in [-0.25, -0.2) is 0 Å². The summed E-state index contributed by atoms with van der Waals surface area (Å²) in [5.41, 5.74) is 8.70. The number of aromatic nitrogens is 1. The first-order valence-corrected chi connectivity index (χ1v) is 5.85. The molecule has 0 bridgehead atoms. The number of benzene rings is 1. The monoisotopic (exact) mass is 257 g/mol. The van der Waals surface area contributed by atoms with E-state index in [1.54, 1.807) is 19.1 Å². The smallest absolute Gasteiger partial charge is 0.250 e. The van der Waals surface area contributed by atoms with Crippen molar-refractivity contribution in [2.24, 2.45) is 5.73 Å². The Hall–Kier alpha value is -2.56. The van der Waals surface area contributed by atoms with Crippen molar-refractivity contribution in [3.05, 3.63) is 41.6 Å². The van der Waals surface area contributed by atoms with Crippen LogP contribution >= 0.6 is 0 Å². The highest BCUT2D eigenvalue weighted by atomic mass is 16.1. The molecular weight excluding hydrogens is 242 g/mol. The minimum absolute atomic E-state index is 0.147. The normalized spacial score (nSPS) is 10.2. The highest BCUT2D eigenvalue weighted by Crippen LogP contribution is 2.28. The second kappa shape index (κ2) is 4.97. The second-order valence-corrected chi connectivity index (χ2v) is 4.31. The maximum absolute atomic E-state index is 11.3. The molecule has 1 aromatic carbocycles. The van der Waals surface area contributed by atoms with Gasteiger partial charge in [-0.05, 0) is 19.1 Å². The summed E-state index contributed by atoms with van der Waals surface area (Å²) in [6, 6.07) is 9.05. The Balaban J connectivity index is 2.50. The number of nitrogens with one attached hydrogen (secondary N) is 2. The average Bonchev–Trinajstić information content (AvgIpc) is 2.71. The molecule has 0 aliphatic heterocycles. The van der Waals surface area contributed by atoms with Crippen LogP contribution in [0.3, 0.4) is 0 Å². The second-order valence-electron chi connectivity index (χ2n) is 4.31. The molecule has 0 aliphatic rings. The molecule has 98 valence electrons. The standard InChI is InChI=1S/C14H15N3O2/c1-8-11(14(15)19)7-13(16-8)10-5-3-4-6-12(10)17-9(2)18/h3-7,16H,1-2H3,(H2,15,19)(H,17,18). The average molecular weight is 257 g/mol. The number of H-pyrrole nitrogens is 1. The van der Waals surface area contributed by atoms with Crippen molar-refractivity contribution >= 4 is 17.5 Å². The molecule has 0 radical (unpaired) electrons. The first-order chi connectivity index (χ1) is 8.99.